The number of hydrogen-bond acceptors (Lipinski definition) is 5. The van der Waals surface area contributed by atoms with E-state index in [4.69, 9.17) is 9.84 Å². The highest BCUT2D eigenvalue weighted by Crippen LogP contribution is 2.34. The number of carbonyl (C=O) groups is 2. The quantitative estimate of drug-likeness (QED) is 0.339. The number of hydrogen-bond donors (Lipinski definition) is 3. The van der Waals surface area contributed by atoms with Gasteiger partial charge in [-0.05, 0) is 42.0 Å². The fourth-order valence-corrected chi connectivity index (χ4v) is 3.48. The number of phenolic OH excluding ortho intramolecular Hbond substituents is 1. The summed E-state index contributed by atoms with van der Waals surface area (Å²) < 4.78 is 5.65. The number of phenols is 1. The molecule has 0 aliphatic heterocycles. The van der Waals surface area contributed by atoms with Gasteiger partial charge in [0.25, 0.3) is 0 Å². The van der Waals surface area contributed by atoms with Crippen molar-refractivity contribution < 1.29 is 24.5 Å². The second-order valence-electron chi connectivity index (χ2n) is 6.44. The molecule has 30 heavy (non-hydrogen) atoms. The fraction of sp³-hybridized carbons (Fsp3) is 0.130. The Kier molecular flexibility index (Phi) is 6.98. The number of ether oxygens (including phenoxy) is 1. The Morgan fingerprint density at radius 3 is 2.43 bits per heavy atom. The minimum atomic E-state index is -1.08. The Balaban J connectivity index is 1.86. The van der Waals surface area contributed by atoms with Gasteiger partial charge in [0.1, 0.15) is 11.9 Å². The Labute approximate surface area is 178 Å². The van der Waals surface area contributed by atoms with Gasteiger partial charge in [0.15, 0.2) is 0 Å². The van der Waals surface area contributed by atoms with Crippen molar-refractivity contribution in [1.82, 2.24) is 0 Å². The highest BCUT2D eigenvalue weighted by molar-refractivity contribution is 7.98. The molecule has 0 saturated carbocycles. The first-order valence-corrected chi connectivity index (χ1v) is 10.4. The van der Waals surface area contributed by atoms with E-state index in [1.807, 2.05) is 30.5 Å². The van der Waals surface area contributed by atoms with E-state index < -0.39 is 18.2 Å². The molecule has 0 aromatic heterocycles. The van der Waals surface area contributed by atoms with Gasteiger partial charge in [-0.3, -0.25) is 5.32 Å². The largest absolute Gasteiger partial charge is 0.507 e. The SMILES string of the molecule is CSc1ccc(NC(=O)O[C@@H](C/C=C/C(=O)O)c2ccc(O)c3ccccc23)cc1. The highest BCUT2D eigenvalue weighted by Gasteiger charge is 2.19. The van der Waals surface area contributed by atoms with Gasteiger partial charge in [-0.15, -0.1) is 11.8 Å². The number of carboxylic acid groups (broad SMARTS) is 1. The lowest BCUT2D eigenvalue weighted by atomic mass is 9.97. The average Bonchev–Trinajstić information content (AvgIpc) is 2.74. The van der Waals surface area contributed by atoms with E-state index >= 15 is 0 Å². The zero-order valence-corrected chi connectivity index (χ0v) is 17.1. The molecule has 0 aliphatic carbocycles. The van der Waals surface area contributed by atoms with Gasteiger partial charge in [-0.2, -0.15) is 0 Å². The van der Waals surface area contributed by atoms with Crippen molar-refractivity contribution in [2.45, 2.75) is 17.4 Å². The van der Waals surface area contributed by atoms with E-state index in [0.29, 0.717) is 16.6 Å². The minimum absolute atomic E-state index is 0.118. The molecule has 154 valence electrons. The molecule has 6 nitrogen and oxygen atoms in total. The smallest absolute Gasteiger partial charge is 0.412 e. The number of fused-ring (bicyclic) bond motifs is 1. The first kappa shape index (κ1) is 21.3. The van der Waals surface area contributed by atoms with Crippen LogP contribution in [0.3, 0.4) is 0 Å². The molecule has 7 heteroatoms. The third-order valence-corrected chi connectivity index (χ3v) is 5.22. The predicted octanol–water partition coefficient (Wildman–Crippen LogP) is 5.59. The second kappa shape index (κ2) is 9.84. The first-order valence-electron chi connectivity index (χ1n) is 9.19. The van der Waals surface area contributed by atoms with Gasteiger partial charge in [-0.1, -0.05) is 36.4 Å². The topological polar surface area (TPSA) is 95.9 Å². The van der Waals surface area contributed by atoms with Crippen LogP contribution in [-0.4, -0.2) is 28.5 Å². The number of aromatic hydroxyl groups is 1. The summed E-state index contributed by atoms with van der Waals surface area (Å²) in [6.45, 7) is 0. The van der Waals surface area contributed by atoms with Crippen molar-refractivity contribution in [3.05, 3.63) is 78.4 Å². The molecule has 0 unspecified atom stereocenters. The Hall–Kier alpha value is -3.45. The van der Waals surface area contributed by atoms with E-state index in [9.17, 15) is 14.7 Å². The van der Waals surface area contributed by atoms with Crippen LogP contribution in [0.15, 0.2) is 77.7 Å². The maximum Gasteiger partial charge on any atom is 0.412 e. The Morgan fingerprint density at radius 2 is 1.77 bits per heavy atom. The summed E-state index contributed by atoms with van der Waals surface area (Å²) in [6, 6.07) is 17.8. The molecule has 3 N–H and O–H groups in total. The number of anilines is 1. The summed E-state index contributed by atoms with van der Waals surface area (Å²) in [5, 5.41) is 23.1. The summed E-state index contributed by atoms with van der Waals surface area (Å²) in [6.07, 6.45) is 3.19. The molecular weight excluding hydrogens is 402 g/mol. The lowest BCUT2D eigenvalue weighted by Gasteiger charge is -2.19. The lowest BCUT2D eigenvalue weighted by molar-refractivity contribution is -0.131. The number of rotatable bonds is 7. The number of amides is 1. The number of benzene rings is 3. The normalized spacial score (nSPS) is 12.0. The molecule has 3 rings (SSSR count). The van der Waals surface area contributed by atoms with Crippen molar-refractivity contribution in [1.29, 1.82) is 0 Å². The lowest BCUT2D eigenvalue weighted by Crippen LogP contribution is -2.17. The standard InChI is InChI=1S/C23H21NO5S/c1-30-16-11-9-15(10-12-16)24-23(28)29-21(7-4-8-22(26)27)19-13-14-20(25)18-6-3-2-5-17(18)19/h2-6,8-14,21,25H,7H2,1H3,(H,24,28)(H,26,27)/b8-4+/t21-/m0/s1. The molecule has 0 fully saturated rings. The summed E-state index contributed by atoms with van der Waals surface area (Å²) in [7, 11) is 0. The monoisotopic (exact) mass is 423 g/mol. The number of carboxylic acids is 1. The van der Waals surface area contributed by atoms with Gasteiger partial charge in [0.2, 0.25) is 0 Å². The van der Waals surface area contributed by atoms with E-state index in [1.165, 1.54) is 12.1 Å². The van der Waals surface area contributed by atoms with Gasteiger partial charge in [-0.25, -0.2) is 9.59 Å². The highest BCUT2D eigenvalue weighted by atomic mass is 32.2. The minimum Gasteiger partial charge on any atom is -0.507 e. The summed E-state index contributed by atoms with van der Waals surface area (Å²) >= 11 is 1.60. The zero-order valence-electron chi connectivity index (χ0n) is 16.2. The van der Waals surface area contributed by atoms with Crippen LogP contribution in [0, 0.1) is 0 Å². The molecule has 0 radical (unpaired) electrons. The van der Waals surface area contributed by atoms with Crippen LogP contribution < -0.4 is 5.32 Å². The molecule has 0 aliphatic rings. The Morgan fingerprint density at radius 1 is 1.07 bits per heavy atom. The van der Waals surface area contributed by atoms with Crippen molar-refractivity contribution in [2.75, 3.05) is 11.6 Å². The Bertz CT molecular complexity index is 1080. The van der Waals surface area contributed by atoms with E-state index in [1.54, 1.807) is 42.1 Å². The van der Waals surface area contributed by atoms with E-state index in [2.05, 4.69) is 5.32 Å². The number of nitrogens with one attached hydrogen (secondary N) is 1. The zero-order chi connectivity index (χ0) is 21.5. The van der Waals surface area contributed by atoms with Gasteiger partial charge >= 0.3 is 12.1 Å². The molecule has 0 spiro atoms. The molecule has 0 bridgehead atoms. The average molecular weight is 423 g/mol. The van der Waals surface area contributed by atoms with Gasteiger partial charge in [0, 0.05) is 34.0 Å². The molecule has 0 saturated heterocycles. The van der Waals surface area contributed by atoms with Gasteiger partial charge in [0.05, 0.1) is 0 Å². The molecule has 1 atom stereocenters. The second-order valence-corrected chi connectivity index (χ2v) is 7.32. The van der Waals surface area contributed by atoms with Crippen LogP contribution in [0.25, 0.3) is 10.8 Å². The van der Waals surface area contributed by atoms with Crippen molar-refractivity contribution in [2.24, 2.45) is 0 Å². The molecule has 3 aromatic rings. The van der Waals surface area contributed by atoms with E-state index in [0.717, 1.165) is 16.4 Å². The number of aliphatic carboxylic acids is 1. The fourth-order valence-electron chi connectivity index (χ4n) is 3.07. The van der Waals surface area contributed by atoms with Crippen LogP contribution in [0.5, 0.6) is 5.75 Å². The van der Waals surface area contributed by atoms with Crippen molar-refractivity contribution in [3.8, 4) is 5.75 Å². The number of thioether (sulfide) groups is 1. The van der Waals surface area contributed by atoms with Crippen LogP contribution in [0.2, 0.25) is 0 Å². The summed E-state index contributed by atoms with van der Waals surface area (Å²) in [5.74, 6) is -0.963. The molecular formula is C23H21NO5S. The van der Waals surface area contributed by atoms with Crippen LogP contribution >= 0.6 is 11.8 Å². The maximum atomic E-state index is 12.5. The van der Waals surface area contributed by atoms with Crippen LogP contribution in [0.1, 0.15) is 18.1 Å². The van der Waals surface area contributed by atoms with Crippen molar-refractivity contribution >= 4 is 40.3 Å². The van der Waals surface area contributed by atoms with Crippen molar-refractivity contribution in [3.63, 3.8) is 0 Å². The number of carbonyl (C=O) groups excluding carboxylic acids is 1. The molecule has 0 heterocycles. The van der Waals surface area contributed by atoms with Crippen LogP contribution in [-0.2, 0) is 9.53 Å². The third kappa shape index (κ3) is 5.33. The maximum absolute atomic E-state index is 12.5. The molecule has 3 aromatic carbocycles. The van der Waals surface area contributed by atoms with Crippen LogP contribution in [0.4, 0.5) is 10.5 Å². The van der Waals surface area contributed by atoms with E-state index in [-0.39, 0.29) is 12.2 Å². The summed E-state index contributed by atoms with van der Waals surface area (Å²) in [5.41, 5.74) is 1.26. The summed E-state index contributed by atoms with van der Waals surface area (Å²) in [4.78, 5) is 24.4. The first-order chi connectivity index (χ1) is 14.5. The predicted molar refractivity (Wildman–Crippen MR) is 118 cm³/mol. The molecule has 1 amide bonds. The van der Waals surface area contributed by atoms with Gasteiger partial charge < -0.3 is 14.9 Å². The third-order valence-electron chi connectivity index (χ3n) is 4.48.